The molecule has 110 valence electrons. The first kappa shape index (κ1) is 13.3. The minimum atomic E-state index is -0.0411. The normalized spacial score (nSPS) is 24.7. The lowest BCUT2D eigenvalue weighted by molar-refractivity contribution is 0.385. The summed E-state index contributed by atoms with van der Waals surface area (Å²) in [6, 6.07) is 2.86. The second-order valence-corrected chi connectivity index (χ2v) is 7.35. The molecule has 0 spiro atoms. The van der Waals surface area contributed by atoms with Gasteiger partial charge in [-0.05, 0) is 24.3 Å². The molecule has 0 radical (unpaired) electrons. The largest absolute Gasteiger partial charge is 0.360 e. The van der Waals surface area contributed by atoms with E-state index in [4.69, 9.17) is 4.99 Å². The number of hydrogen-bond donors (Lipinski definition) is 2. The van der Waals surface area contributed by atoms with E-state index >= 15 is 0 Å². The molecule has 5 nitrogen and oxygen atoms in total. The van der Waals surface area contributed by atoms with Crippen molar-refractivity contribution in [3.05, 3.63) is 27.6 Å². The number of hydrogen-bond acceptors (Lipinski definition) is 6. The van der Waals surface area contributed by atoms with Gasteiger partial charge in [-0.1, -0.05) is 24.6 Å². The van der Waals surface area contributed by atoms with Crippen LogP contribution in [-0.2, 0) is 5.75 Å². The molecule has 21 heavy (non-hydrogen) atoms. The van der Waals surface area contributed by atoms with Gasteiger partial charge in [-0.2, -0.15) is 0 Å². The quantitative estimate of drug-likeness (QED) is 0.892. The molecule has 7 heteroatoms. The number of nitrogens with one attached hydrogen (secondary N) is 2. The lowest BCUT2D eigenvalue weighted by Gasteiger charge is -2.23. The highest BCUT2D eigenvalue weighted by atomic mass is 32.2. The second-order valence-electron chi connectivity index (χ2n) is 5.47. The molecule has 0 saturated heterocycles. The Kier molecular flexibility index (Phi) is 3.46. The Hall–Kier alpha value is -1.34. The van der Waals surface area contributed by atoms with Crippen LogP contribution in [0.15, 0.2) is 21.2 Å². The lowest BCUT2D eigenvalue weighted by atomic mass is 9.92. The zero-order valence-corrected chi connectivity index (χ0v) is 13.1. The number of nitrogens with zero attached hydrogens (tertiary/aromatic N) is 2. The number of thiophene rings is 1. The van der Waals surface area contributed by atoms with Crippen LogP contribution in [0.1, 0.15) is 31.5 Å². The van der Waals surface area contributed by atoms with Gasteiger partial charge in [-0.25, -0.2) is 4.98 Å². The Morgan fingerprint density at radius 3 is 3.19 bits per heavy atom. The summed E-state index contributed by atoms with van der Waals surface area (Å²) in [6.45, 7) is 0. The molecule has 0 aromatic carbocycles. The van der Waals surface area contributed by atoms with E-state index in [1.807, 2.05) is 11.4 Å². The average Bonchev–Trinajstić information content (AvgIpc) is 3.11. The number of fused-ring (bicyclic) bond motifs is 2. The van der Waals surface area contributed by atoms with Gasteiger partial charge in [0.05, 0.1) is 23.4 Å². The van der Waals surface area contributed by atoms with Crippen molar-refractivity contribution in [2.24, 2.45) is 4.99 Å². The van der Waals surface area contributed by atoms with E-state index in [0.717, 1.165) is 16.5 Å². The van der Waals surface area contributed by atoms with Crippen LogP contribution in [0, 0.1) is 0 Å². The lowest BCUT2D eigenvalue weighted by Crippen LogP contribution is -2.36. The van der Waals surface area contributed by atoms with E-state index in [0.29, 0.717) is 22.5 Å². The topological polar surface area (TPSA) is 70.1 Å². The third kappa shape index (κ3) is 2.60. The highest BCUT2D eigenvalue weighted by Crippen LogP contribution is 2.27. The molecule has 2 N–H and O–H groups in total. The van der Waals surface area contributed by atoms with Crippen molar-refractivity contribution < 1.29 is 0 Å². The van der Waals surface area contributed by atoms with E-state index in [1.165, 1.54) is 37.0 Å². The summed E-state index contributed by atoms with van der Waals surface area (Å²) in [6.07, 6.45) is 4.99. The molecule has 3 heterocycles. The minimum Gasteiger partial charge on any atom is -0.360 e. The van der Waals surface area contributed by atoms with Crippen molar-refractivity contribution >= 4 is 38.5 Å². The summed E-state index contributed by atoms with van der Waals surface area (Å²) in [5.74, 6) is 1.36. The highest BCUT2D eigenvalue weighted by molar-refractivity contribution is 8.13. The fourth-order valence-corrected chi connectivity index (χ4v) is 4.57. The predicted molar refractivity (Wildman–Crippen MR) is 88.2 cm³/mol. The Balaban J connectivity index is 1.47. The van der Waals surface area contributed by atoms with Gasteiger partial charge < -0.3 is 10.3 Å². The van der Waals surface area contributed by atoms with Gasteiger partial charge in [0.25, 0.3) is 5.56 Å². The number of aromatic amines is 1. The van der Waals surface area contributed by atoms with Crippen LogP contribution in [0.4, 0.5) is 0 Å². The van der Waals surface area contributed by atoms with Crippen molar-refractivity contribution in [2.45, 2.75) is 43.5 Å². The third-order valence-electron chi connectivity index (χ3n) is 4.03. The summed E-state index contributed by atoms with van der Waals surface area (Å²) in [7, 11) is 0. The van der Waals surface area contributed by atoms with E-state index in [9.17, 15) is 4.79 Å². The van der Waals surface area contributed by atoms with Gasteiger partial charge in [0.1, 0.15) is 10.5 Å². The molecule has 0 unspecified atom stereocenters. The SMILES string of the molecule is O=c1[nH]c(CSC2=N[C@@H]3CCCC[C@H]3N2)nc2ccsc12. The molecular formula is C14H16N4OS2. The Morgan fingerprint density at radius 2 is 2.29 bits per heavy atom. The first-order valence-electron chi connectivity index (χ1n) is 7.23. The van der Waals surface area contributed by atoms with Crippen LogP contribution in [0.5, 0.6) is 0 Å². The summed E-state index contributed by atoms with van der Waals surface area (Å²) in [5, 5.41) is 6.41. The van der Waals surface area contributed by atoms with E-state index < -0.39 is 0 Å². The molecular weight excluding hydrogens is 304 g/mol. The van der Waals surface area contributed by atoms with Crippen molar-refractivity contribution in [1.82, 2.24) is 15.3 Å². The van der Waals surface area contributed by atoms with Crippen LogP contribution in [-0.4, -0.2) is 27.2 Å². The van der Waals surface area contributed by atoms with Crippen LogP contribution in [0.2, 0.25) is 0 Å². The van der Waals surface area contributed by atoms with Gasteiger partial charge in [0.15, 0.2) is 5.17 Å². The summed E-state index contributed by atoms with van der Waals surface area (Å²) in [5.41, 5.74) is 0.745. The van der Waals surface area contributed by atoms with Crippen molar-refractivity contribution in [3.63, 3.8) is 0 Å². The van der Waals surface area contributed by atoms with Gasteiger partial charge in [0.2, 0.25) is 0 Å². The predicted octanol–water partition coefficient (Wildman–Crippen LogP) is 2.49. The summed E-state index contributed by atoms with van der Waals surface area (Å²) < 4.78 is 0.700. The van der Waals surface area contributed by atoms with Crippen LogP contribution >= 0.6 is 23.1 Å². The van der Waals surface area contributed by atoms with Gasteiger partial charge in [0, 0.05) is 0 Å². The number of aromatic nitrogens is 2. The monoisotopic (exact) mass is 320 g/mol. The Labute approximate surface area is 130 Å². The molecule has 4 rings (SSSR count). The fourth-order valence-electron chi connectivity index (χ4n) is 2.99. The summed E-state index contributed by atoms with van der Waals surface area (Å²) in [4.78, 5) is 24.0. The maximum atomic E-state index is 11.9. The highest BCUT2D eigenvalue weighted by Gasteiger charge is 2.30. The number of thioether (sulfide) groups is 1. The zero-order chi connectivity index (χ0) is 14.2. The van der Waals surface area contributed by atoms with Crippen LogP contribution in [0.25, 0.3) is 10.2 Å². The molecule has 0 bridgehead atoms. The molecule has 2 aliphatic rings. The first-order chi connectivity index (χ1) is 10.3. The maximum absolute atomic E-state index is 11.9. The van der Waals surface area contributed by atoms with Gasteiger partial charge >= 0.3 is 0 Å². The van der Waals surface area contributed by atoms with Crippen molar-refractivity contribution in [1.29, 1.82) is 0 Å². The van der Waals surface area contributed by atoms with Crippen molar-refractivity contribution in [3.8, 4) is 0 Å². The van der Waals surface area contributed by atoms with Gasteiger partial charge in [-0.3, -0.25) is 9.79 Å². The molecule has 2 aromatic rings. The Bertz CT molecular complexity index is 751. The number of H-pyrrole nitrogens is 1. The maximum Gasteiger partial charge on any atom is 0.268 e. The Morgan fingerprint density at radius 1 is 1.38 bits per heavy atom. The van der Waals surface area contributed by atoms with E-state index in [-0.39, 0.29) is 5.56 Å². The first-order valence-corrected chi connectivity index (χ1v) is 9.10. The van der Waals surface area contributed by atoms with E-state index in [1.54, 1.807) is 11.8 Å². The molecule has 2 atom stereocenters. The van der Waals surface area contributed by atoms with E-state index in [2.05, 4.69) is 15.3 Å². The smallest absolute Gasteiger partial charge is 0.268 e. The zero-order valence-electron chi connectivity index (χ0n) is 11.5. The fraction of sp³-hybridized carbons (Fsp3) is 0.500. The molecule has 2 aromatic heterocycles. The average molecular weight is 320 g/mol. The van der Waals surface area contributed by atoms with Crippen LogP contribution < -0.4 is 10.9 Å². The van der Waals surface area contributed by atoms with Gasteiger partial charge in [-0.15, -0.1) is 11.3 Å². The standard InChI is InChI=1S/C14H16N4OS2/c19-13-12-10(5-6-20-12)15-11(18-13)7-21-14-16-8-3-1-2-4-9(8)17-14/h5-6,8-9H,1-4,7H2,(H,16,17)(H,15,18,19)/t8-,9-/m1/s1. The minimum absolute atomic E-state index is 0.0411. The molecule has 1 aliphatic carbocycles. The van der Waals surface area contributed by atoms with Crippen LogP contribution in [0.3, 0.4) is 0 Å². The summed E-state index contributed by atoms with van der Waals surface area (Å²) >= 11 is 3.06. The molecule has 1 aliphatic heterocycles. The molecule has 0 amide bonds. The third-order valence-corrected chi connectivity index (χ3v) is 5.85. The number of rotatable bonds is 2. The molecule has 1 fully saturated rings. The van der Waals surface area contributed by atoms with Crippen molar-refractivity contribution in [2.75, 3.05) is 0 Å². The second kappa shape index (κ2) is 5.46. The number of amidine groups is 1. The number of aliphatic imine (C=N–C) groups is 1. The molecule has 1 saturated carbocycles.